The van der Waals surface area contributed by atoms with Crippen molar-refractivity contribution in [2.45, 2.75) is 25.3 Å². The van der Waals surface area contributed by atoms with Crippen molar-refractivity contribution in [3.8, 4) is 0 Å². The molecule has 4 nitrogen and oxygen atoms in total. The van der Waals surface area contributed by atoms with Crippen LogP contribution < -0.4 is 5.73 Å². The number of hydrogen-bond donors (Lipinski definition) is 2. The Kier molecular flexibility index (Phi) is 5.12. The van der Waals surface area contributed by atoms with Gasteiger partial charge < -0.3 is 15.6 Å². The smallest absolute Gasteiger partial charge is 0.323 e. The molecule has 0 fully saturated rings. The minimum absolute atomic E-state index is 0.317. The van der Waals surface area contributed by atoms with E-state index in [2.05, 4.69) is 0 Å². The minimum Gasteiger partial charge on any atom is -0.480 e. The van der Waals surface area contributed by atoms with Crippen LogP contribution in [0.5, 0.6) is 0 Å². The molecule has 1 atom stereocenters. The zero-order valence-electron chi connectivity index (χ0n) is 10.1. The lowest BCUT2D eigenvalue weighted by atomic mass is 10.0. The highest BCUT2D eigenvalue weighted by molar-refractivity contribution is 5.77. The van der Waals surface area contributed by atoms with Crippen LogP contribution in [0, 0.1) is 0 Å². The first kappa shape index (κ1) is 13.7. The highest BCUT2D eigenvalue weighted by atomic mass is 16.5. The molecule has 0 saturated heterocycles. The van der Waals surface area contributed by atoms with Gasteiger partial charge in [-0.25, -0.2) is 0 Å². The monoisotopic (exact) mass is 237 g/mol. The summed E-state index contributed by atoms with van der Waals surface area (Å²) in [6.45, 7) is 2.45. The molecule has 0 bridgehead atoms. The van der Waals surface area contributed by atoms with Crippen molar-refractivity contribution in [2.24, 2.45) is 5.73 Å². The van der Waals surface area contributed by atoms with Crippen LogP contribution in [0.4, 0.5) is 0 Å². The second-order valence-electron chi connectivity index (χ2n) is 4.32. The van der Waals surface area contributed by atoms with Crippen molar-refractivity contribution >= 4 is 5.97 Å². The molecule has 0 aromatic heterocycles. The van der Waals surface area contributed by atoms with Gasteiger partial charge in [-0.3, -0.25) is 4.79 Å². The molecule has 3 N–H and O–H groups in total. The third kappa shape index (κ3) is 4.97. The maximum atomic E-state index is 10.7. The van der Waals surface area contributed by atoms with Crippen LogP contribution in [0.2, 0.25) is 0 Å². The lowest BCUT2D eigenvalue weighted by Gasteiger charge is -2.18. The zero-order chi connectivity index (χ0) is 12.7. The summed E-state index contributed by atoms with van der Waals surface area (Å²) in [6, 6.07) is 10.0. The average molecular weight is 237 g/mol. The van der Waals surface area contributed by atoms with Crippen LogP contribution in [0.25, 0.3) is 0 Å². The van der Waals surface area contributed by atoms with E-state index in [-0.39, 0.29) is 0 Å². The average Bonchev–Trinajstić information content (AvgIpc) is 2.29. The van der Waals surface area contributed by atoms with Crippen molar-refractivity contribution in [3.63, 3.8) is 0 Å². The molecule has 1 rings (SSSR count). The quantitative estimate of drug-likeness (QED) is 0.704. The number of carboxylic acids is 1. The summed E-state index contributed by atoms with van der Waals surface area (Å²) in [5.41, 5.74) is 5.58. The number of carbonyl (C=O) groups is 1. The zero-order valence-corrected chi connectivity index (χ0v) is 10.1. The Morgan fingerprint density at radius 3 is 2.59 bits per heavy atom. The van der Waals surface area contributed by atoms with Gasteiger partial charge in [-0.1, -0.05) is 30.3 Å². The summed E-state index contributed by atoms with van der Waals surface area (Å²) < 4.78 is 5.38. The van der Waals surface area contributed by atoms with Gasteiger partial charge in [0.2, 0.25) is 0 Å². The van der Waals surface area contributed by atoms with Crippen LogP contribution in [0.3, 0.4) is 0 Å². The Labute approximate surface area is 101 Å². The molecule has 94 valence electrons. The highest BCUT2D eigenvalue weighted by Crippen LogP contribution is 2.06. The summed E-state index contributed by atoms with van der Waals surface area (Å²) in [6.07, 6.45) is 1.15. The number of aliphatic carboxylic acids is 1. The van der Waals surface area contributed by atoms with E-state index in [1.54, 1.807) is 0 Å². The van der Waals surface area contributed by atoms with E-state index in [0.717, 1.165) is 6.42 Å². The summed E-state index contributed by atoms with van der Waals surface area (Å²) in [5, 5.41) is 8.80. The maximum absolute atomic E-state index is 10.7. The number of carboxylic acid groups (broad SMARTS) is 1. The maximum Gasteiger partial charge on any atom is 0.323 e. The van der Waals surface area contributed by atoms with Crippen LogP contribution in [0.1, 0.15) is 18.9 Å². The molecule has 0 radical (unpaired) electrons. The standard InChI is InChI=1S/C13H19NO3/c1-13(14,12(15)16)8-10-17-9-7-11-5-3-2-4-6-11/h2-6H,7-10,14H2,1H3,(H,15,16). The molecule has 0 aliphatic heterocycles. The molecular formula is C13H19NO3. The number of hydrogen-bond acceptors (Lipinski definition) is 3. The Morgan fingerprint density at radius 2 is 2.00 bits per heavy atom. The van der Waals surface area contributed by atoms with E-state index in [0.29, 0.717) is 19.6 Å². The van der Waals surface area contributed by atoms with Gasteiger partial charge in [-0.2, -0.15) is 0 Å². The second-order valence-corrected chi connectivity index (χ2v) is 4.32. The summed E-state index contributed by atoms with van der Waals surface area (Å²) >= 11 is 0. The number of ether oxygens (including phenoxy) is 1. The second kappa shape index (κ2) is 6.37. The Balaban J connectivity index is 2.15. The van der Waals surface area contributed by atoms with E-state index in [9.17, 15) is 4.79 Å². The van der Waals surface area contributed by atoms with Gasteiger partial charge in [0.15, 0.2) is 0 Å². The van der Waals surface area contributed by atoms with Gasteiger partial charge in [0.05, 0.1) is 6.61 Å². The van der Waals surface area contributed by atoms with Crippen LogP contribution in [-0.4, -0.2) is 29.8 Å². The largest absolute Gasteiger partial charge is 0.480 e. The molecule has 1 aromatic carbocycles. The highest BCUT2D eigenvalue weighted by Gasteiger charge is 2.27. The number of benzene rings is 1. The van der Waals surface area contributed by atoms with Gasteiger partial charge in [-0.15, -0.1) is 0 Å². The van der Waals surface area contributed by atoms with Gasteiger partial charge in [0, 0.05) is 6.61 Å². The Morgan fingerprint density at radius 1 is 1.35 bits per heavy atom. The number of rotatable bonds is 7. The number of nitrogens with two attached hydrogens (primary N) is 1. The van der Waals surface area contributed by atoms with E-state index in [4.69, 9.17) is 15.6 Å². The predicted molar refractivity (Wildman–Crippen MR) is 65.8 cm³/mol. The van der Waals surface area contributed by atoms with Crippen molar-refractivity contribution in [1.82, 2.24) is 0 Å². The van der Waals surface area contributed by atoms with E-state index in [1.807, 2.05) is 30.3 Å². The summed E-state index contributed by atoms with van der Waals surface area (Å²) in [4.78, 5) is 10.7. The van der Waals surface area contributed by atoms with Crippen LogP contribution >= 0.6 is 0 Å². The fourth-order valence-electron chi connectivity index (χ4n) is 1.33. The molecule has 0 amide bonds. The van der Waals surface area contributed by atoms with Crippen molar-refractivity contribution in [1.29, 1.82) is 0 Å². The van der Waals surface area contributed by atoms with E-state index < -0.39 is 11.5 Å². The molecule has 0 aliphatic rings. The van der Waals surface area contributed by atoms with Gasteiger partial charge >= 0.3 is 5.97 Å². The lowest BCUT2D eigenvalue weighted by molar-refractivity contribution is -0.143. The normalized spacial score (nSPS) is 14.2. The molecule has 1 unspecified atom stereocenters. The minimum atomic E-state index is -1.20. The molecule has 4 heteroatoms. The van der Waals surface area contributed by atoms with E-state index >= 15 is 0 Å². The third-order valence-electron chi connectivity index (χ3n) is 2.63. The summed E-state index contributed by atoms with van der Waals surface area (Å²) in [7, 11) is 0. The molecule has 0 saturated carbocycles. The third-order valence-corrected chi connectivity index (χ3v) is 2.63. The molecule has 0 spiro atoms. The Bertz CT molecular complexity index is 349. The van der Waals surface area contributed by atoms with Crippen molar-refractivity contribution in [2.75, 3.05) is 13.2 Å². The molecule has 17 heavy (non-hydrogen) atoms. The SMILES string of the molecule is CC(N)(CCOCCc1ccccc1)C(=O)O. The van der Waals surface area contributed by atoms with Crippen LogP contribution in [-0.2, 0) is 16.0 Å². The molecule has 0 aliphatic carbocycles. The topological polar surface area (TPSA) is 72.5 Å². The van der Waals surface area contributed by atoms with Crippen molar-refractivity contribution < 1.29 is 14.6 Å². The first-order valence-electron chi connectivity index (χ1n) is 5.66. The molecule has 0 heterocycles. The van der Waals surface area contributed by atoms with Gasteiger partial charge in [0.1, 0.15) is 5.54 Å². The fourth-order valence-corrected chi connectivity index (χ4v) is 1.33. The molecule has 1 aromatic rings. The van der Waals surface area contributed by atoms with Crippen molar-refractivity contribution in [3.05, 3.63) is 35.9 Å². The first-order valence-corrected chi connectivity index (χ1v) is 5.66. The lowest BCUT2D eigenvalue weighted by Crippen LogP contribution is -2.45. The molecular weight excluding hydrogens is 218 g/mol. The first-order chi connectivity index (χ1) is 8.02. The van der Waals surface area contributed by atoms with Crippen LogP contribution in [0.15, 0.2) is 30.3 Å². The Hall–Kier alpha value is -1.39. The van der Waals surface area contributed by atoms with Gasteiger partial charge in [0.25, 0.3) is 0 Å². The van der Waals surface area contributed by atoms with Gasteiger partial charge in [-0.05, 0) is 25.3 Å². The fraction of sp³-hybridized carbons (Fsp3) is 0.462. The summed E-state index contributed by atoms with van der Waals surface area (Å²) in [5.74, 6) is -0.996. The predicted octanol–water partition coefficient (Wildman–Crippen LogP) is 1.44. The van der Waals surface area contributed by atoms with E-state index in [1.165, 1.54) is 12.5 Å².